The van der Waals surface area contributed by atoms with Gasteiger partial charge in [0.15, 0.2) is 12.6 Å². The number of hydrogen-bond acceptors (Lipinski definition) is 5. The number of ketones is 1. The van der Waals surface area contributed by atoms with Gasteiger partial charge in [0.25, 0.3) is 5.91 Å². The lowest BCUT2D eigenvalue weighted by molar-refractivity contribution is -0.123. The van der Waals surface area contributed by atoms with Crippen molar-refractivity contribution in [2.75, 3.05) is 21.0 Å². The predicted molar refractivity (Wildman–Crippen MR) is 105 cm³/mol. The normalized spacial score (nSPS) is 24.2. The molecule has 1 amide bonds. The number of rotatable bonds is 7. The van der Waals surface area contributed by atoms with Crippen molar-refractivity contribution in [3.8, 4) is 5.75 Å². The highest BCUT2D eigenvalue weighted by atomic mass is 19.1. The Bertz CT molecular complexity index is 865. The molecule has 0 bridgehead atoms. The largest absolute Gasteiger partial charge is 0.496 e. The van der Waals surface area contributed by atoms with Crippen LogP contribution in [0.2, 0.25) is 0 Å². The molecule has 1 aromatic carbocycles. The van der Waals surface area contributed by atoms with Crippen LogP contribution in [-0.4, -0.2) is 38.2 Å². The van der Waals surface area contributed by atoms with Crippen molar-refractivity contribution in [1.82, 2.24) is 5.32 Å². The van der Waals surface area contributed by atoms with Crippen LogP contribution < -0.4 is 10.1 Å². The maximum absolute atomic E-state index is 14.7. The van der Waals surface area contributed by atoms with Crippen LogP contribution in [0.5, 0.6) is 5.75 Å². The van der Waals surface area contributed by atoms with Gasteiger partial charge in [-0.05, 0) is 36.8 Å². The molecule has 1 saturated heterocycles. The van der Waals surface area contributed by atoms with Gasteiger partial charge < -0.3 is 19.5 Å². The van der Waals surface area contributed by atoms with Gasteiger partial charge in [0.2, 0.25) is 0 Å². The molecular weight excluding hydrogens is 377 g/mol. The number of halogens is 1. The lowest BCUT2D eigenvalue weighted by atomic mass is 9.71. The zero-order valence-corrected chi connectivity index (χ0v) is 16.9. The third-order valence-corrected chi connectivity index (χ3v) is 5.79. The number of methoxy groups -OCH3 is 1. The molecular formula is C22H26FNO5. The van der Waals surface area contributed by atoms with E-state index in [1.54, 1.807) is 6.08 Å². The highest BCUT2D eigenvalue weighted by Gasteiger charge is 2.51. The molecule has 3 rings (SSSR count). The van der Waals surface area contributed by atoms with E-state index in [0.29, 0.717) is 30.6 Å². The molecule has 0 unspecified atom stereocenters. The molecule has 0 saturated carbocycles. The molecule has 1 aliphatic carbocycles. The van der Waals surface area contributed by atoms with Crippen molar-refractivity contribution in [1.29, 1.82) is 0 Å². The number of carbonyl (C=O) groups excluding carboxylic acids is 2. The van der Waals surface area contributed by atoms with Crippen LogP contribution in [0.3, 0.4) is 0 Å². The first-order valence-electron chi connectivity index (χ1n) is 9.58. The number of ether oxygens (including phenoxy) is 3. The van der Waals surface area contributed by atoms with Gasteiger partial charge in [0.05, 0.1) is 12.7 Å². The molecule has 0 aromatic heterocycles. The second-order valence-corrected chi connectivity index (χ2v) is 7.46. The average Bonchev–Trinajstić information content (AvgIpc) is 3.12. The number of fused-ring (bicyclic) bond motifs is 1. The third kappa shape index (κ3) is 3.79. The summed E-state index contributed by atoms with van der Waals surface area (Å²) in [5.41, 5.74) is -0.168. The summed E-state index contributed by atoms with van der Waals surface area (Å²) in [5.74, 6) is -0.603. The van der Waals surface area contributed by atoms with E-state index in [1.165, 1.54) is 32.4 Å². The fourth-order valence-electron chi connectivity index (χ4n) is 4.15. The third-order valence-electron chi connectivity index (χ3n) is 5.79. The molecule has 7 heteroatoms. The Labute approximate surface area is 169 Å². The van der Waals surface area contributed by atoms with Crippen molar-refractivity contribution in [2.24, 2.45) is 11.8 Å². The molecule has 156 valence electrons. The Morgan fingerprint density at radius 3 is 2.93 bits per heavy atom. The Kier molecular flexibility index (Phi) is 6.07. The van der Waals surface area contributed by atoms with E-state index in [0.717, 1.165) is 0 Å². The van der Waals surface area contributed by atoms with Crippen LogP contribution in [0.25, 0.3) is 0 Å². The van der Waals surface area contributed by atoms with Gasteiger partial charge in [-0.2, -0.15) is 0 Å². The van der Waals surface area contributed by atoms with E-state index in [-0.39, 0.29) is 41.6 Å². The second-order valence-electron chi connectivity index (χ2n) is 7.46. The first-order valence-corrected chi connectivity index (χ1v) is 9.58. The standard InChI is InChI=1S/C22H26FNO5/c1-5-6-14-11-22(20(10-18(14)25)28-12-29-22)13(2)7-15-8-16(21(26)24-3)19(27-4)9-17(15)23/h5,8-10,13-14H,1,6-7,11-12H2,2-4H3,(H,24,26)/t13-,14-,22+/m0/s1. The van der Waals surface area contributed by atoms with E-state index in [2.05, 4.69) is 11.9 Å². The van der Waals surface area contributed by atoms with Gasteiger partial charge in [0.1, 0.15) is 22.9 Å². The van der Waals surface area contributed by atoms with Gasteiger partial charge in [-0.15, -0.1) is 6.58 Å². The van der Waals surface area contributed by atoms with E-state index in [4.69, 9.17) is 14.2 Å². The van der Waals surface area contributed by atoms with E-state index < -0.39 is 11.4 Å². The minimum absolute atomic E-state index is 0.00856. The topological polar surface area (TPSA) is 73.9 Å². The summed E-state index contributed by atoms with van der Waals surface area (Å²) >= 11 is 0. The van der Waals surface area contributed by atoms with E-state index >= 15 is 0 Å². The highest BCUT2D eigenvalue weighted by Crippen LogP contribution is 2.46. The maximum Gasteiger partial charge on any atom is 0.254 e. The number of amides is 1. The Morgan fingerprint density at radius 1 is 1.52 bits per heavy atom. The molecule has 3 atom stereocenters. The number of nitrogens with one attached hydrogen (secondary N) is 1. The average molecular weight is 403 g/mol. The quantitative estimate of drug-likeness (QED) is 0.708. The minimum Gasteiger partial charge on any atom is -0.496 e. The molecule has 1 fully saturated rings. The predicted octanol–water partition coefficient (Wildman–Crippen LogP) is 3.16. The SMILES string of the molecule is C=CC[C@H]1C[C@]2([C@@H](C)Cc3cc(C(=O)NC)c(OC)cc3F)OCOC2=CC1=O. The molecule has 1 N–H and O–H groups in total. The van der Waals surface area contributed by atoms with Crippen LogP contribution >= 0.6 is 0 Å². The molecule has 29 heavy (non-hydrogen) atoms. The second kappa shape index (κ2) is 8.37. The molecule has 1 aromatic rings. The summed E-state index contributed by atoms with van der Waals surface area (Å²) in [6, 6.07) is 2.73. The molecule has 2 aliphatic rings. The van der Waals surface area contributed by atoms with Crippen molar-refractivity contribution >= 4 is 11.7 Å². The summed E-state index contributed by atoms with van der Waals surface area (Å²) in [5, 5.41) is 2.54. The van der Waals surface area contributed by atoms with Gasteiger partial charge in [-0.1, -0.05) is 13.0 Å². The molecule has 0 radical (unpaired) electrons. The zero-order valence-electron chi connectivity index (χ0n) is 16.9. The first-order chi connectivity index (χ1) is 13.9. The Balaban J connectivity index is 1.94. The van der Waals surface area contributed by atoms with Crippen LogP contribution in [0.4, 0.5) is 4.39 Å². The zero-order chi connectivity index (χ0) is 21.2. The van der Waals surface area contributed by atoms with Gasteiger partial charge in [-0.25, -0.2) is 4.39 Å². The van der Waals surface area contributed by atoms with Crippen molar-refractivity contribution < 1.29 is 28.2 Å². The van der Waals surface area contributed by atoms with Crippen LogP contribution in [0.15, 0.2) is 36.6 Å². The van der Waals surface area contributed by atoms with E-state index in [9.17, 15) is 14.0 Å². The highest BCUT2D eigenvalue weighted by molar-refractivity contribution is 5.97. The van der Waals surface area contributed by atoms with Gasteiger partial charge >= 0.3 is 0 Å². The molecule has 1 heterocycles. The number of hydrogen-bond donors (Lipinski definition) is 1. The molecule has 6 nitrogen and oxygen atoms in total. The lowest BCUT2D eigenvalue weighted by Gasteiger charge is -2.38. The lowest BCUT2D eigenvalue weighted by Crippen LogP contribution is -2.45. The molecule has 1 aliphatic heterocycles. The maximum atomic E-state index is 14.7. The summed E-state index contributed by atoms with van der Waals surface area (Å²) in [7, 11) is 2.90. The Morgan fingerprint density at radius 2 is 2.28 bits per heavy atom. The minimum atomic E-state index is -0.804. The number of allylic oxidation sites excluding steroid dienone is 2. The fraction of sp³-hybridized carbons (Fsp3) is 0.455. The summed E-state index contributed by atoms with van der Waals surface area (Å²) < 4.78 is 31.5. The summed E-state index contributed by atoms with van der Waals surface area (Å²) in [6.45, 7) is 5.72. The fourth-order valence-corrected chi connectivity index (χ4v) is 4.15. The van der Waals surface area contributed by atoms with Crippen LogP contribution in [0, 0.1) is 17.7 Å². The Hall–Kier alpha value is -2.67. The smallest absolute Gasteiger partial charge is 0.254 e. The van der Waals surface area contributed by atoms with Crippen molar-refractivity contribution in [2.45, 2.75) is 31.8 Å². The van der Waals surface area contributed by atoms with Crippen molar-refractivity contribution in [3.63, 3.8) is 0 Å². The monoisotopic (exact) mass is 403 g/mol. The number of benzene rings is 1. The number of carbonyl (C=O) groups is 2. The molecule has 0 spiro atoms. The van der Waals surface area contributed by atoms with E-state index in [1.807, 2.05) is 6.92 Å². The van der Waals surface area contributed by atoms with Gasteiger partial charge in [-0.3, -0.25) is 9.59 Å². The van der Waals surface area contributed by atoms with Crippen LogP contribution in [0.1, 0.15) is 35.7 Å². The first kappa shape index (κ1) is 21.0. The summed E-state index contributed by atoms with van der Waals surface area (Å²) in [4.78, 5) is 24.5. The summed E-state index contributed by atoms with van der Waals surface area (Å²) in [6.07, 6.45) is 4.51. The van der Waals surface area contributed by atoms with Crippen molar-refractivity contribution in [3.05, 3.63) is 53.6 Å². The van der Waals surface area contributed by atoms with Gasteiger partial charge in [0, 0.05) is 25.1 Å². The van der Waals surface area contributed by atoms with Crippen LogP contribution in [-0.2, 0) is 20.7 Å².